The number of ether oxygens (including phenoxy) is 1. The number of nitrogens with one attached hydrogen (secondary N) is 1. The number of carbonyl (C=O) groups excluding carboxylic acids is 1. The van der Waals surface area contributed by atoms with Crippen LogP contribution in [0.1, 0.15) is 18.0 Å². The standard InChI is InChI=1S/C23H21FN6O3/c1-32-18-9-8-16(15-7-10-19-26-22(25)28-29(19)13-15)20(24)21(18)27-23(31)30-17(11-12-33-30)14-5-3-2-4-6-14/h2-10,13,17H,11-12H2,1H3,(H2,25,28)(H,27,31). The van der Waals surface area contributed by atoms with Crippen molar-refractivity contribution >= 4 is 23.3 Å². The Morgan fingerprint density at radius 1 is 1.21 bits per heavy atom. The molecule has 2 aromatic carbocycles. The number of carbonyl (C=O) groups is 1. The van der Waals surface area contributed by atoms with E-state index in [1.54, 1.807) is 30.5 Å². The quantitative estimate of drug-likeness (QED) is 0.488. The van der Waals surface area contributed by atoms with Gasteiger partial charge in [-0.1, -0.05) is 30.3 Å². The highest BCUT2D eigenvalue weighted by Crippen LogP contribution is 2.37. The number of fused-ring (bicyclic) bond motifs is 1. The molecule has 0 aliphatic carbocycles. The average molecular weight is 448 g/mol. The van der Waals surface area contributed by atoms with E-state index in [2.05, 4.69) is 15.4 Å². The molecule has 1 aliphatic rings. The van der Waals surface area contributed by atoms with Crippen LogP contribution >= 0.6 is 0 Å². The van der Waals surface area contributed by atoms with Crippen molar-refractivity contribution in [1.29, 1.82) is 0 Å². The van der Waals surface area contributed by atoms with Gasteiger partial charge in [-0.3, -0.25) is 4.84 Å². The summed E-state index contributed by atoms with van der Waals surface area (Å²) in [6.07, 6.45) is 2.25. The average Bonchev–Trinajstić information content (AvgIpc) is 3.46. The number of aromatic nitrogens is 3. The van der Waals surface area contributed by atoms with Gasteiger partial charge in [0.25, 0.3) is 0 Å². The predicted octanol–water partition coefficient (Wildman–Crippen LogP) is 4.04. The molecule has 33 heavy (non-hydrogen) atoms. The van der Waals surface area contributed by atoms with Crippen molar-refractivity contribution in [3.63, 3.8) is 0 Å². The van der Waals surface area contributed by atoms with Crippen molar-refractivity contribution < 1.29 is 18.8 Å². The maximum absolute atomic E-state index is 15.7. The van der Waals surface area contributed by atoms with E-state index >= 15 is 4.39 Å². The maximum Gasteiger partial charge on any atom is 0.346 e. The summed E-state index contributed by atoms with van der Waals surface area (Å²) in [5.74, 6) is -0.342. The number of amides is 2. The van der Waals surface area contributed by atoms with Crippen molar-refractivity contribution in [3.05, 3.63) is 72.2 Å². The van der Waals surface area contributed by atoms with Crippen molar-refractivity contribution in [1.82, 2.24) is 19.7 Å². The molecular weight excluding hydrogens is 427 g/mol. The number of rotatable bonds is 4. The number of hydrogen-bond donors (Lipinski definition) is 2. The molecule has 0 radical (unpaired) electrons. The summed E-state index contributed by atoms with van der Waals surface area (Å²) in [6.45, 7) is 0.383. The van der Waals surface area contributed by atoms with E-state index in [1.165, 1.54) is 16.7 Å². The van der Waals surface area contributed by atoms with Crippen LogP contribution in [0.25, 0.3) is 16.8 Å². The largest absolute Gasteiger partial charge is 0.494 e. The molecule has 0 bridgehead atoms. The minimum Gasteiger partial charge on any atom is -0.494 e. The first kappa shape index (κ1) is 20.7. The zero-order valence-electron chi connectivity index (χ0n) is 17.7. The molecular formula is C23H21FN6O3. The molecule has 0 spiro atoms. The van der Waals surface area contributed by atoms with E-state index < -0.39 is 11.8 Å². The number of hydroxylamine groups is 2. The van der Waals surface area contributed by atoms with Crippen molar-refractivity contribution in [2.45, 2.75) is 12.5 Å². The zero-order chi connectivity index (χ0) is 22.9. The lowest BCUT2D eigenvalue weighted by atomic mass is 10.0. The second-order valence-electron chi connectivity index (χ2n) is 7.50. The molecule has 10 heteroatoms. The Morgan fingerprint density at radius 3 is 2.82 bits per heavy atom. The second kappa shape index (κ2) is 8.40. The molecule has 9 nitrogen and oxygen atoms in total. The van der Waals surface area contributed by atoms with E-state index in [9.17, 15) is 4.79 Å². The Morgan fingerprint density at radius 2 is 2.03 bits per heavy atom. The molecule has 2 aromatic heterocycles. The number of benzene rings is 2. The van der Waals surface area contributed by atoms with Gasteiger partial charge in [0.05, 0.1) is 19.8 Å². The van der Waals surface area contributed by atoms with Gasteiger partial charge in [-0.2, -0.15) is 10.0 Å². The van der Waals surface area contributed by atoms with Gasteiger partial charge in [0, 0.05) is 23.7 Å². The maximum atomic E-state index is 15.7. The minimum absolute atomic E-state index is 0.0829. The third-order valence-corrected chi connectivity index (χ3v) is 5.50. The lowest BCUT2D eigenvalue weighted by Crippen LogP contribution is -2.34. The minimum atomic E-state index is -0.648. The Balaban J connectivity index is 1.47. The molecule has 5 rings (SSSR count). The van der Waals surface area contributed by atoms with Crippen LogP contribution in [0.2, 0.25) is 0 Å². The number of nitrogen functional groups attached to an aromatic ring is 1. The lowest BCUT2D eigenvalue weighted by molar-refractivity contribution is -0.0830. The summed E-state index contributed by atoms with van der Waals surface area (Å²) in [5, 5.41) is 7.94. The topological polar surface area (TPSA) is 107 Å². The highest BCUT2D eigenvalue weighted by Gasteiger charge is 2.33. The monoisotopic (exact) mass is 448 g/mol. The summed E-state index contributed by atoms with van der Waals surface area (Å²) < 4.78 is 22.4. The van der Waals surface area contributed by atoms with E-state index in [4.69, 9.17) is 15.3 Å². The van der Waals surface area contributed by atoms with Gasteiger partial charge in [-0.25, -0.2) is 13.7 Å². The van der Waals surface area contributed by atoms with E-state index in [0.29, 0.717) is 24.2 Å². The number of halogens is 1. The summed E-state index contributed by atoms with van der Waals surface area (Å²) in [6, 6.07) is 15.2. The van der Waals surface area contributed by atoms with Crippen LogP contribution in [-0.2, 0) is 4.84 Å². The SMILES string of the molecule is COc1ccc(-c2ccc3nc(N)nn3c2)c(F)c1NC(=O)N1OCCC1c1ccccc1. The van der Waals surface area contributed by atoms with E-state index in [1.807, 2.05) is 30.3 Å². The van der Waals surface area contributed by atoms with Crippen LogP contribution < -0.4 is 15.8 Å². The van der Waals surface area contributed by atoms with Gasteiger partial charge in [-0.05, 0) is 29.8 Å². The van der Waals surface area contributed by atoms with Crippen LogP contribution in [0.3, 0.4) is 0 Å². The molecule has 4 aromatic rings. The number of urea groups is 1. The molecule has 2 amide bonds. The van der Waals surface area contributed by atoms with Gasteiger partial charge in [0.1, 0.15) is 11.4 Å². The van der Waals surface area contributed by atoms with Crippen LogP contribution in [0.5, 0.6) is 5.75 Å². The van der Waals surface area contributed by atoms with Gasteiger partial charge >= 0.3 is 6.03 Å². The number of nitrogens with two attached hydrogens (primary N) is 1. The van der Waals surface area contributed by atoms with Gasteiger partial charge in [0.15, 0.2) is 11.5 Å². The Hall–Kier alpha value is -4.18. The lowest BCUT2D eigenvalue weighted by Gasteiger charge is -2.24. The summed E-state index contributed by atoms with van der Waals surface area (Å²) in [4.78, 5) is 22.7. The van der Waals surface area contributed by atoms with Crippen LogP contribution in [-0.4, -0.2) is 39.4 Å². The second-order valence-corrected chi connectivity index (χ2v) is 7.50. The molecule has 3 heterocycles. The fourth-order valence-corrected chi connectivity index (χ4v) is 3.94. The third-order valence-electron chi connectivity index (χ3n) is 5.50. The van der Waals surface area contributed by atoms with Crippen LogP contribution in [0, 0.1) is 5.82 Å². The van der Waals surface area contributed by atoms with Crippen molar-refractivity contribution in [2.75, 3.05) is 24.8 Å². The number of nitrogens with zero attached hydrogens (tertiary/aromatic N) is 4. The van der Waals surface area contributed by atoms with Crippen molar-refractivity contribution in [3.8, 4) is 16.9 Å². The first-order chi connectivity index (χ1) is 16.0. The van der Waals surface area contributed by atoms with Crippen LogP contribution in [0.4, 0.5) is 20.8 Å². The first-order valence-electron chi connectivity index (χ1n) is 10.3. The molecule has 168 valence electrons. The van der Waals surface area contributed by atoms with Crippen molar-refractivity contribution in [2.24, 2.45) is 0 Å². The fourth-order valence-electron chi connectivity index (χ4n) is 3.94. The van der Waals surface area contributed by atoms with E-state index in [-0.39, 0.29) is 29.0 Å². The zero-order valence-corrected chi connectivity index (χ0v) is 17.7. The normalized spacial score (nSPS) is 15.7. The van der Waals surface area contributed by atoms with Gasteiger partial charge in [-0.15, -0.1) is 5.10 Å². The molecule has 1 atom stereocenters. The number of hydrogen-bond acceptors (Lipinski definition) is 6. The Kier molecular flexibility index (Phi) is 5.27. The Bertz CT molecular complexity index is 1330. The molecule has 1 unspecified atom stereocenters. The molecule has 1 saturated heterocycles. The molecule has 1 aliphatic heterocycles. The molecule has 1 fully saturated rings. The van der Waals surface area contributed by atoms with Crippen LogP contribution in [0.15, 0.2) is 60.8 Å². The molecule has 3 N–H and O–H groups in total. The smallest absolute Gasteiger partial charge is 0.346 e. The number of anilines is 2. The highest BCUT2D eigenvalue weighted by atomic mass is 19.1. The van der Waals surface area contributed by atoms with E-state index in [0.717, 1.165) is 5.56 Å². The Labute approximate surface area is 188 Å². The number of methoxy groups -OCH3 is 1. The third kappa shape index (κ3) is 3.80. The first-order valence-corrected chi connectivity index (χ1v) is 10.3. The summed E-state index contributed by atoms with van der Waals surface area (Å²) >= 11 is 0. The van der Waals surface area contributed by atoms with Gasteiger partial charge in [0.2, 0.25) is 5.95 Å². The predicted molar refractivity (Wildman–Crippen MR) is 120 cm³/mol. The summed E-state index contributed by atoms with van der Waals surface area (Å²) in [7, 11) is 1.41. The molecule has 0 saturated carbocycles. The fraction of sp³-hybridized carbons (Fsp3) is 0.174. The summed E-state index contributed by atoms with van der Waals surface area (Å²) in [5.41, 5.74) is 7.82. The van der Waals surface area contributed by atoms with Gasteiger partial charge < -0.3 is 15.8 Å². The number of pyridine rings is 1. The highest BCUT2D eigenvalue weighted by molar-refractivity contribution is 5.92.